The number of aromatic nitrogens is 2. The summed E-state index contributed by atoms with van der Waals surface area (Å²) in [7, 11) is 0. The number of hydrogen-bond acceptors (Lipinski definition) is 4. The molecule has 1 atom stereocenters. The van der Waals surface area contributed by atoms with Gasteiger partial charge in [-0.15, -0.1) is 0 Å². The Morgan fingerprint density at radius 3 is 1.94 bits per heavy atom. The van der Waals surface area contributed by atoms with E-state index < -0.39 is 0 Å². The zero-order valence-corrected chi connectivity index (χ0v) is 19.9. The molecule has 1 aromatic heterocycles. The lowest BCUT2D eigenvalue weighted by molar-refractivity contribution is 0.292. The van der Waals surface area contributed by atoms with Gasteiger partial charge in [-0.25, -0.2) is 9.97 Å². The number of ether oxygens (including phenoxy) is 2. The van der Waals surface area contributed by atoms with Gasteiger partial charge >= 0.3 is 0 Å². The van der Waals surface area contributed by atoms with Crippen molar-refractivity contribution in [3.05, 3.63) is 36.7 Å². The SMILES string of the molecule is CCCCCCCCCCOc1ccc(-c2ncc(OCCCC(C)CC)cn2)cc1. The standard InChI is InChI=1S/C27H42N2O2/c1-4-6-7-8-9-10-11-12-19-30-25-17-15-24(16-18-25)27-28-21-26(22-29-27)31-20-13-14-23(3)5-2/h15-18,21-23H,4-14,19-20H2,1-3H3. The molecule has 1 aromatic carbocycles. The number of unbranched alkanes of at least 4 members (excludes halogenated alkanes) is 7. The highest BCUT2D eigenvalue weighted by Crippen LogP contribution is 2.21. The molecular weight excluding hydrogens is 384 g/mol. The predicted octanol–water partition coefficient (Wildman–Crippen LogP) is 7.87. The minimum absolute atomic E-state index is 0.710. The number of rotatable bonds is 17. The van der Waals surface area contributed by atoms with E-state index in [0.717, 1.165) is 49.0 Å². The van der Waals surface area contributed by atoms with E-state index in [1.807, 2.05) is 24.3 Å². The van der Waals surface area contributed by atoms with E-state index in [1.165, 1.54) is 57.8 Å². The van der Waals surface area contributed by atoms with Gasteiger partial charge in [0.25, 0.3) is 0 Å². The summed E-state index contributed by atoms with van der Waals surface area (Å²) in [6, 6.07) is 8.04. The summed E-state index contributed by atoms with van der Waals surface area (Å²) >= 11 is 0. The Labute approximate surface area is 189 Å². The number of hydrogen-bond donors (Lipinski definition) is 0. The topological polar surface area (TPSA) is 44.2 Å². The Morgan fingerprint density at radius 2 is 1.29 bits per heavy atom. The van der Waals surface area contributed by atoms with Crippen LogP contribution in [0, 0.1) is 5.92 Å². The van der Waals surface area contributed by atoms with Crippen molar-refractivity contribution in [1.29, 1.82) is 0 Å². The van der Waals surface area contributed by atoms with Crippen LogP contribution in [0.4, 0.5) is 0 Å². The lowest BCUT2D eigenvalue weighted by Crippen LogP contribution is -2.02. The largest absolute Gasteiger partial charge is 0.494 e. The van der Waals surface area contributed by atoms with Gasteiger partial charge in [-0.3, -0.25) is 0 Å². The molecule has 0 saturated heterocycles. The molecule has 0 fully saturated rings. The molecule has 4 heteroatoms. The molecular formula is C27H42N2O2. The average molecular weight is 427 g/mol. The quantitative estimate of drug-likeness (QED) is 0.241. The first-order valence-electron chi connectivity index (χ1n) is 12.4. The maximum absolute atomic E-state index is 5.88. The lowest BCUT2D eigenvalue weighted by Gasteiger charge is -2.09. The second-order valence-corrected chi connectivity index (χ2v) is 8.59. The van der Waals surface area contributed by atoms with Crippen LogP contribution in [-0.4, -0.2) is 23.2 Å². The highest BCUT2D eigenvalue weighted by atomic mass is 16.5. The van der Waals surface area contributed by atoms with Crippen LogP contribution >= 0.6 is 0 Å². The predicted molar refractivity (Wildman–Crippen MR) is 130 cm³/mol. The monoisotopic (exact) mass is 426 g/mol. The number of nitrogens with zero attached hydrogens (tertiary/aromatic N) is 2. The molecule has 0 amide bonds. The van der Waals surface area contributed by atoms with Crippen molar-refractivity contribution < 1.29 is 9.47 Å². The van der Waals surface area contributed by atoms with Gasteiger partial charge in [-0.2, -0.15) is 0 Å². The summed E-state index contributed by atoms with van der Waals surface area (Å²) in [6.07, 6.45) is 17.5. The Balaban J connectivity index is 1.64. The summed E-state index contributed by atoms with van der Waals surface area (Å²) in [5, 5.41) is 0. The molecule has 0 aliphatic heterocycles. The maximum atomic E-state index is 5.88. The van der Waals surface area contributed by atoms with Crippen molar-refractivity contribution in [1.82, 2.24) is 9.97 Å². The highest BCUT2D eigenvalue weighted by Gasteiger charge is 2.04. The van der Waals surface area contributed by atoms with Gasteiger partial charge in [-0.1, -0.05) is 72.1 Å². The van der Waals surface area contributed by atoms with E-state index in [0.29, 0.717) is 5.82 Å². The second kappa shape index (κ2) is 15.7. The van der Waals surface area contributed by atoms with Gasteiger partial charge < -0.3 is 9.47 Å². The first kappa shape index (κ1) is 25.2. The first-order chi connectivity index (χ1) is 15.2. The smallest absolute Gasteiger partial charge is 0.159 e. The molecule has 0 saturated carbocycles. The van der Waals surface area contributed by atoms with Crippen molar-refractivity contribution in [3.63, 3.8) is 0 Å². The van der Waals surface area contributed by atoms with Gasteiger partial charge in [0.05, 0.1) is 25.6 Å². The minimum atomic E-state index is 0.710. The van der Waals surface area contributed by atoms with Crippen molar-refractivity contribution >= 4 is 0 Å². The van der Waals surface area contributed by atoms with E-state index in [9.17, 15) is 0 Å². The van der Waals surface area contributed by atoms with Crippen LogP contribution in [0.2, 0.25) is 0 Å². The van der Waals surface area contributed by atoms with Crippen molar-refractivity contribution in [2.75, 3.05) is 13.2 Å². The molecule has 172 valence electrons. The van der Waals surface area contributed by atoms with Crippen molar-refractivity contribution in [2.45, 2.75) is 91.4 Å². The fourth-order valence-electron chi connectivity index (χ4n) is 3.49. The molecule has 0 bridgehead atoms. The van der Waals surface area contributed by atoms with Gasteiger partial charge in [0.15, 0.2) is 11.6 Å². The van der Waals surface area contributed by atoms with Crippen LogP contribution in [0.1, 0.15) is 91.4 Å². The minimum Gasteiger partial charge on any atom is -0.494 e. The summed E-state index contributed by atoms with van der Waals surface area (Å²) in [6.45, 7) is 8.28. The van der Waals surface area contributed by atoms with Crippen LogP contribution in [0.5, 0.6) is 11.5 Å². The number of benzene rings is 1. The van der Waals surface area contributed by atoms with E-state index in [-0.39, 0.29) is 0 Å². The van der Waals surface area contributed by atoms with E-state index in [1.54, 1.807) is 12.4 Å². The van der Waals surface area contributed by atoms with E-state index >= 15 is 0 Å². The molecule has 2 rings (SSSR count). The highest BCUT2D eigenvalue weighted by molar-refractivity contribution is 5.56. The summed E-state index contributed by atoms with van der Waals surface area (Å²) < 4.78 is 11.6. The summed E-state index contributed by atoms with van der Waals surface area (Å²) in [5.41, 5.74) is 0.989. The van der Waals surface area contributed by atoms with Crippen LogP contribution < -0.4 is 9.47 Å². The molecule has 0 aliphatic rings. The molecule has 0 spiro atoms. The van der Waals surface area contributed by atoms with Gasteiger partial charge in [0.1, 0.15) is 5.75 Å². The fraction of sp³-hybridized carbons (Fsp3) is 0.630. The summed E-state index contributed by atoms with van der Waals surface area (Å²) in [5.74, 6) is 3.11. The normalized spacial score (nSPS) is 12.0. The van der Waals surface area contributed by atoms with Gasteiger partial charge in [0.2, 0.25) is 0 Å². The van der Waals surface area contributed by atoms with Crippen molar-refractivity contribution in [3.8, 4) is 22.9 Å². The molecule has 2 aromatic rings. The fourth-order valence-corrected chi connectivity index (χ4v) is 3.49. The van der Waals surface area contributed by atoms with E-state index in [2.05, 4.69) is 30.7 Å². The zero-order valence-electron chi connectivity index (χ0n) is 19.9. The Bertz CT molecular complexity index is 685. The molecule has 31 heavy (non-hydrogen) atoms. The maximum Gasteiger partial charge on any atom is 0.159 e. The Morgan fingerprint density at radius 1 is 0.710 bits per heavy atom. The molecule has 0 aliphatic carbocycles. The van der Waals surface area contributed by atoms with E-state index in [4.69, 9.17) is 9.47 Å². The van der Waals surface area contributed by atoms with Crippen LogP contribution in [-0.2, 0) is 0 Å². The Hall–Kier alpha value is -2.10. The second-order valence-electron chi connectivity index (χ2n) is 8.59. The lowest BCUT2D eigenvalue weighted by atomic mass is 10.0. The molecule has 0 N–H and O–H groups in total. The van der Waals surface area contributed by atoms with Crippen molar-refractivity contribution in [2.24, 2.45) is 5.92 Å². The third-order valence-electron chi connectivity index (χ3n) is 5.81. The van der Waals surface area contributed by atoms with Crippen LogP contribution in [0.3, 0.4) is 0 Å². The molecule has 0 radical (unpaired) electrons. The third kappa shape index (κ3) is 10.7. The Kier molecular flexibility index (Phi) is 12.7. The van der Waals surface area contributed by atoms with Crippen LogP contribution in [0.25, 0.3) is 11.4 Å². The third-order valence-corrected chi connectivity index (χ3v) is 5.81. The van der Waals surface area contributed by atoms with Crippen LogP contribution in [0.15, 0.2) is 36.7 Å². The van der Waals surface area contributed by atoms with Gasteiger partial charge in [-0.05, 0) is 49.4 Å². The zero-order chi connectivity index (χ0) is 22.2. The average Bonchev–Trinajstić information content (AvgIpc) is 2.81. The molecule has 4 nitrogen and oxygen atoms in total. The van der Waals surface area contributed by atoms with Gasteiger partial charge in [0, 0.05) is 5.56 Å². The molecule has 1 unspecified atom stereocenters. The molecule has 1 heterocycles. The summed E-state index contributed by atoms with van der Waals surface area (Å²) in [4.78, 5) is 8.91. The first-order valence-corrected chi connectivity index (χ1v) is 12.4.